The standard InChI is InChI=1S/C34H40O6Si/c1-33(2,3)41(27-18-10-6-11-19-27,28-20-12-7-13-21-28)40-31-29(24-30(35)36-4)39-34(22-14-15-23-38-34)32(31)37-25-26-16-8-5-9-17-26/h5-13,16-21,24,31-32H,14-15,22-23,25H2,1-4H3/b29-24+/t31-,32+,34?/m0/s1. The van der Waals surface area contributed by atoms with Crippen molar-refractivity contribution in [3.05, 3.63) is 108 Å². The van der Waals surface area contributed by atoms with Crippen molar-refractivity contribution in [1.29, 1.82) is 0 Å². The number of hydrogen-bond acceptors (Lipinski definition) is 6. The summed E-state index contributed by atoms with van der Waals surface area (Å²) in [7, 11) is -1.69. The van der Waals surface area contributed by atoms with Crippen LogP contribution in [0.3, 0.4) is 0 Å². The predicted molar refractivity (Wildman–Crippen MR) is 161 cm³/mol. The summed E-state index contributed by atoms with van der Waals surface area (Å²) in [6.07, 6.45) is 2.57. The average molecular weight is 573 g/mol. The molecule has 1 spiro atoms. The number of hydrogen-bond donors (Lipinski definition) is 0. The van der Waals surface area contributed by atoms with Gasteiger partial charge in [0.15, 0.2) is 6.10 Å². The van der Waals surface area contributed by atoms with Gasteiger partial charge >= 0.3 is 5.97 Å². The summed E-state index contributed by atoms with van der Waals surface area (Å²) < 4.78 is 32.4. The third-order valence-electron chi connectivity index (χ3n) is 8.00. The molecule has 0 saturated carbocycles. The first kappa shape index (κ1) is 29.3. The summed E-state index contributed by atoms with van der Waals surface area (Å²) >= 11 is 0. The summed E-state index contributed by atoms with van der Waals surface area (Å²) in [5, 5.41) is 1.96. The van der Waals surface area contributed by atoms with Crippen LogP contribution in [0.15, 0.2) is 103 Å². The minimum Gasteiger partial charge on any atom is -0.466 e. The Morgan fingerprint density at radius 2 is 1.51 bits per heavy atom. The zero-order valence-electron chi connectivity index (χ0n) is 24.4. The van der Waals surface area contributed by atoms with Gasteiger partial charge in [-0.3, -0.25) is 0 Å². The Hall–Kier alpha value is -3.23. The van der Waals surface area contributed by atoms with Gasteiger partial charge in [0.1, 0.15) is 11.9 Å². The zero-order chi connectivity index (χ0) is 28.9. The maximum atomic E-state index is 12.7. The predicted octanol–water partition coefficient (Wildman–Crippen LogP) is 5.50. The molecule has 2 aliphatic rings. The first-order chi connectivity index (χ1) is 19.8. The highest BCUT2D eigenvalue weighted by molar-refractivity contribution is 6.99. The molecular weight excluding hydrogens is 532 g/mol. The Bertz CT molecular complexity index is 1270. The van der Waals surface area contributed by atoms with Gasteiger partial charge in [0.05, 0.1) is 26.4 Å². The molecule has 41 heavy (non-hydrogen) atoms. The molecule has 0 radical (unpaired) electrons. The number of esters is 1. The molecule has 0 N–H and O–H groups in total. The van der Waals surface area contributed by atoms with Crippen LogP contribution < -0.4 is 10.4 Å². The van der Waals surface area contributed by atoms with E-state index in [9.17, 15) is 4.79 Å². The van der Waals surface area contributed by atoms with E-state index in [2.05, 4.69) is 69.3 Å². The molecule has 0 amide bonds. The Balaban J connectivity index is 1.67. The van der Waals surface area contributed by atoms with Crippen LogP contribution in [0.4, 0.5) is 0 Å². The summed E-state index contributed by atoms with van der Waals surface area (Å²) in [5.74, 6) is -1.20. The number of carbonyl (C=O) groups is 1. The number of carbonyl (C=O) groups excluding carboxylic acids is 1. The lowest BCUT2D eigenvalue weighted by Crippen LogP contribution is -2.68. The smallest absolute Gasteiger partial charge is 0.333 e. The molecule has 2 fully saturated rings. The SMILES string of the molecule is COC(=O)/C=C1/OC2(CCCCO2)[C@H](OCc2ccccc2)[C@H]1O[Si](c1ccccc1)(c1ccccc1)C(C)(C)C. The molecule has 2 heterocycles. The molecule has 1 unspecified atom stereocenters. The lowest BCUT2D eigenvalue weighted by molar-refractivity contribution is -0.268. The third kappa shape index (κ3) is 5.90. The fraction of sp³-hybridized carbons (Fsp3) is 0.382. The zero-order valence-corrected chi connectivity index (χ0v) is 25.4. The number of rotatable bonds is 8. The molecule has 3 aromatic carbocycles. The highest BCUT2D eigenvalue weighted by atomic mass is 28.4. The maximum Gasteiger partial charge on any atom is 0.333 e. The van der Waals surface area contributed by atoms with Crippen LogP contribution in [0, 0.1) is 0 Å². The molecule has 7 heteroatoms. The molecule has 0 aliphatic carbocycles. The molecule has 3 aromatic rings. The fourth-order valence-electron chi connectivity index (χ4n) is 6.05. The monoisotopic (exact) mass is 572 g/mol. The molecule has 216 valence electrons. The number of methoxy groups -OCH3 is 1. The van der Waals surface area contributed by atoms with Crippen molar-refractivity contribution < 1.29 is 28.2 Å². The van der Waals surface area contributed by atoms with E-state index < -0.39 is 32.3 Å². The van der Waals surface area contributed by atoms with Gasteiger partial charge in [0, 0.05) is 6.42 Å². The molecule has 2 aliphatic heterocycles. The lowest BCUT2D eigenvalue weighted by atomic mass is 9.98. The lowest BCUT2D eigenvalue weighted by Gasteiger charge is -2.45. The minimum absolute atomic E-state index is 0.292. The van der Waals surface area contributed by atoms with Crippen molar-refractivity contribution in [3.63, 3.8) is 0 Å². The summed E-state index contributed by atoms with van der Waals surface area (Å²) in [5.41, 5.74) is 1.04. The molecule has 0 bridgehead atoms. The average Bonchev–Trinajstić information content (AvgIpc) is 3.25. The van der Waals surface area contributed by atoms with Crippen LogP contribution in [-0.2, 0) is 34.8 Å². The van der Waals surface area contributed by atoms with Gasteiger partial charge in [-0.15, -0.1) is 0 Å². The highest BCUT2D eigenvalue weighted by Crippen LogP contribution is 2.47. The van der Waals surface area contributed by atoms with Gasteiger partial charge in [-0.2, -0.15) is 0 Å². The van der Waals surface area contributed by atoms with Gasteiger partial charge < -0.3 is 23.4 Å². The second-order valence-corrected chi connectivity index (χ2v) is 16.0. The second-order valence-electron chi connectivity index (χ2n) is 11.7. The van der Waals surface area contributed by atoms with E-state index in [1.807, 2.05) is 42.5 Å². The van der Waals surface area contributed by atoms with Crippen molar-refractivity contribution in [2.45, 2.75) is 69.7 Å². The first-order valence-corrected chi connectivity index (χ1v) is 16.3. The molecule has 2 saturated heterocycles. The maximum absolute atomic E-state index is 12.7. The Labute approximate surface area is 244 Å². The van der Waals surface area contributed by atoms with Crippen molar-refractivity contribution in [3.8, 4) is 0 Å². The van der Waals surface area contributed by atoms with E-state index in [4.69, 9.17) is 23.4 Å². The summed E-state index contributed by atoms with van der Waals surface area (Å²) in [6.45, 7) is 7.58. The second kappa shape index (κ2) is 12.3. The van der Waals surface area contributed by atoms with Gasteiger partial charge in [-0.25, -0.2) is 4.79 Å². The van der Waals surface area contributed by atoms with Crippen LogP contribution in [-0.4, -0.2) is 46.0 Å². The summed E-state index contributed by atoms with van der Waals surface area (Å²) in [6, 6.07) is 30.9. The van der Waals surface area contributed by atoms with Crippen LogP contribution in [0.5, 0.6) is 0 Å². The van der Waals surface area contributed by atoms with E-state index in [1.54, 1.807) is 0 Å². The normalized spacial score (nSPS) is 23.9. The Morgan fingerprint density at radius 3 is 2.02 bits per heavy atom. The molecule has 0 aromatic heterocycles. The molecule has 5 rings (SSSR count). The van der Waals surface area contributed by atoms with E-state index in [0.717, 1.165) is 28.8 Å². The van der Waals surface area contributed by atoms with Gasteiger partial charge in [-0.05, 0) is 33.8 Å². The Kier molecular flexibility index (Phi) is 8.80. The molecule has 3 atom stereocenters. The minimum atomic E-state index is -3.06. The van der Waals surface area contributed by atoms with Gasteiger partial charge in [0.25, 0.3) is 8.32 Å². The van der Waals surface area contributed by atoms with Crippen molar-refractivity contribution in [2.75, 3.05) is 13.7 Å². The van der Waals surface area contributed by atoms with Crippen molar-refractivity contribution >= 4 is 24.7 Å². The van der Waals surface area contributed by atoms with Crippen LogP contribution in [0.1, 0.15) is 45.6 Å². The van der Waals surface area contributed by atoms with Crippen molar-refractivity contribution in [2.24, 2.45) is 0 Å². The number of ether oxygens (including phenoxy) is 4. The topological polar surface area (TPSA) is 63.2 Å². The first-order valence-electron chi connectivity index (χ1n) is 14.4. The van der Waals surface area contributed by atoms with Crippen molar-refractivity contribution in [1.82, 2.24) is 0 Å². The highest BCUT2D eigenvalue weighted by Gasteiger charge is 2.61. The quantitative estimate of drug-likeness (QED) is 0.202. The third-order valence-corrected chi connectivity index (χ3v) is 13.0. The van der Waals surface area contributed by atoms with E-state index >= 15 is 0 Å². The fourth-order valence-corrected chi connectivity index (χ4v) is 10.7. The molecular formula is C34H40O6Si. The van der Waals surface area contributed by atoms with E-state index in [0.29, 0.717) is 25.4 Å². The van der Waals surface area contributed by atoms with E-state index in [1.165, 1.54) is 13.2 Å². The van der Waals surface area contributed by atoms with E-state index in [-0.39, 0.29) is 5.04 Å². The van der Waals surface area contributed by atoms with Gasteiger partial charge in [0.2, 0.25) is 5.79 Å². The summed E-state index contributed by atoms with van der Waals surface area (Å²) in [4.78, 5) is 12.7. The largest absolute Gasteiger partial charge is 0.466 e. The molecule has 6 nitrogen and oxygen atoms in total. The number of benzene rings is 3. The van der Waals surface area contributed by atoms with Crippen LogP contribution >= 0.6 is 0 Å². The van der Waals surface area contributed by atoms with Gasteiger partial charge in [-0.1, -0.05) is 112 Å². The van der Waals surface area contributed by atoms with Crippen LogP contribution in [0.25, 0.3) is 0 Å². The van der Waals surface area contributed by atoms with Crippen LogP contribution in [0.2, 0.25) is 5.04 Å². The Morgan fingerprint density at radius 1 is 0.927 bits per heavy atom.